The number of thiazole rings is 1. The molecule has 0 saturated heterocycles. The largest absolute Gasteiger partial charge is 0.462 e. The number of rotatable bonds is 5. The van der Waals surface area contributed by atoms with Crippen LogP contribution < -0.4 is 5.32 Å². The summed E-state index contributed by atoms with van der Waals surface area (Å²) in [6.07, 6.45) is 0.863. The lowest BCUT2D eigenvalue weighted by Crippen LogP contribution is -2.28. The molecule has 3 rings (SSSR count). The van der Waals surface area contributed by atoms with E-state index in [1.54, 1.807) is 18.4 Å². The van der Waals surface area contributed by atoms with Gasteiger partial charge in [0.1, 0.15) is 5.69 Å². The van der Waals surface area contributed by atoms with Crippen LogP contribution in [-0.2, 0) is 0 Å². The van der Waals surface area contributed by atoms with E-state index in [-0.39, 0.29) is 12.5 Å². The highest BCUT2D eigenvalue weighted by atomic mass is 32.1. The number of nitrogens with one attached hydrogen (secondary N) is 1. The van der Waals surface area contributed by atoms with Crippen molar-refractivity contribution in [3.05, 3.63) is 51.4 Å². The zero-order valence-corrected chi connectivity index (χ0v) is 13.4. The van der Waals surface area contributed by atoms with Crippen LogP contribution in [0.1, 0.15) is 27.0 Å². The number of nitrogens with zero attached hydrogens (tertiary/aromatic N) is 1. The molecular weight excluding hydrogens is 320 g/mol. The van der Waals surface area contributed by atoms with E-state index >= 15 is 0 Å². The Hall–Kier alpha value is -1.96. The molecule has 1 unspecified atom stereocenters. The molecule has 0 aliphatic rings. The van der Waals surface area contributed by atoms with E-state index in [0.29, 0.717) is 16.5 Å². The molecule has 0 spiro atoms. The Balaban J connectivity index is 1.68. The Morgan fingerprint density at radius 1 is 1.50 bits per heavy atom. The molecule has 114 valence electrons. The number of hydrogen-bond donors (Lipinski definition) is 2. The third-order valence-corrected chi connectivity index (χ3v) is 4.81. The van der Waals surface area contributed by atoms with Gasteiger partial charge in [-0.25, -0.2) is 4.98 Å². The number of aliphatic hydroxyl groups excluding tert-OH is 1. The van der Waals surface area contributed by atoms with Crippen LogP contribution in [0.25, 0.3) is 10.8 Å². The van der Waals surface area contributed by atoms with Crippen LogP contribution in [0.4, 0.5) is 0 Å². The molecule has 3 aromatic rings. The lowest BCUT2D eigenvalue weighted by atomic mass is 10.2. The first-order chi connectivity index (χ1) is 10.6. The van der Waals surface area contributed by atoms with E-state index < -0.39 is 6.10 Å². The number of hydrogen-bond acceptors (Lipinski definition) is 6. The van der Waals surface area contributed by atoms with Crippen LogP contribution in [0, 0.1) is 6.92 Å². The predicted octanol–water partition coefficient (Wildman–Crippen LogP) is 3.24. The van der Waals surface area contributed by atoms with Crippen LogP contribution in [-0.4, -0.2) is 22.5 Å². The van der Waals surface area contributed by atoms with Crippen molar-refractivity contribution in [2.75, 3.05) is 6.54 Å². The van der Waals surface area contributed by atoms with Gasteiger partial charge in [-0.2, -0.15) is 11.3 Å². The third kappa shape index (κ3) is 3.11. The van der Waals surface area contributed by atoms with Crippen molar-refractivity contribution in [2.24, 2.45) is 0 Å². The van der Waals surface area contributed by atoms with Crippen LogP contribution in [0.2, 0.25) is 0 Å². The summed E-state index contributed by atoms with van der Waals surface area (Å²) in [5.74, 6) is 0.353. The van der Waals surface area contributed by atoms with Gasteiger partial charge in [-0.15, -0.1) is 11.3 Å². The number of thiophene rings is 1. The van der Waals surface area contributed by atoms with E-state index in [2.05, 4.69) is 10.3 Å². The van der Waals surface area contributed by atoms with Crippen LogP contribution in [0.3, 0.4) is 0 Å². The van der Waals surface area contributed by atoms with Gasteiger partial charge >= 0.3 is 0 Å². The number of carbonyl (C=O) groups excluding carboxylic acids is 1. The summed E-state index contributed by atoms with van der Waals surface area (Å²) in [5.41, 5.74) is 1.17. The molecule has 0 saturated carbocycles. The van der Waals surface area contributed by atoms with E-state index in [4.69, 9.17) is 4.42 Å². The van der Waals surface area contributed by atoms with Crippen molar-refractivity contribution in [1.82, 2.24) is 10.3 Å². The zero-order chi connectivity index (χ0) is 15.5. The van der Waals surface area contributed by atoms with Crippen molar-refractivity contribution >= 4 is 28.6 Å². The van der Waals surface area contributed by atoms with Gasteiger partial charge in [0.25, 0.3) is 5.91 Å². The fraction of sp³-hybridized carbons (Fsp3) is 0.200. The smallest absolute Gasteiger partial charge is 0.271 e. The number of aryl methyl sites for hydroxylation is 1. The minimum atomic E-state index is -0.710. The highest BCUT2D eigenvalue weighted by Crippen LogP contribution is 2.27. The maximum atomic E-state index is 12.2. The molecule has 0 radical (unpaired) electrons. The minimum Gasteiger partial charge on any atom is -0.462 e. The summed E-state index contributed by atoms with van der Waals surface area (Å²) in [6.45, 7) is 2.00. The Labute approximate surface area is 135 Å². The Morgan fingerprint density at radius 3 is 3.05 bits per heavy atom. The SMILES string of the molecule is Cc1sc(-c2ccco2)nc1C(=O)NCC(O)c1ccsc1. The molecule has 5 nitrogen and oxygen atoms in total. The van der Waals surface area contributed by atoms with Gasteiger partial charge in [0.05, 0.1) is 12.4 Å². The molecule has 22 heavy (non-hydrogen) atoms. The van der Waals surface area contributed by atoms with Crippen molar-refractivity contribution in [1.29, 1.82) is 0 Å². The second-order valence-electron chi connectivity index (χ2n) is 4.68. The third-order valence-electron chi connectivity index (χ3n) is 3.13. The van der Waals surface area contributed by atoms with Crippen molar-refractivity contribution < 1.29 is 14.3 Å². The Kier molecular flexibility index (Phi) is 4.37. The summed E-state index contributed by atoms with van der Waals surface area (Å²) in [4.78, 5) is 17.4. The molecule has 7 heteroatoms. The number of aromatic nitrogens is 1. The normalized spacial score (nSPS) is 12.3. The average molecular weight is 334 g/mol. The molecule has 0 aliphatic carbocycles. The number of amides is 1. The molecule has 1 amide bonds. The molecular formula is C15H14N2O3S2. The first-order valence-electron chi connectivity index (χ1n) is 6.65. The Bertz CT molecular complexity index is 748. The van der Waals surface area contributed by atoms with Crippen molar-refractivity contribution in [3.8, 4) is 10.8 Å². The van der Waals surface area contributed by atoms with Gasteiger partial charge in [-0.1, -0.05) is 0 Å². The zero-order valence-electron chi connectivity index (χ0n) is 11.8. The van der Waals surface area contributed by atoms with E-state index in [9.17, 15) is 9.90 Å². The minimum absolute atomic E-state index is 0.155. The van der Waals surface area contributed by atoms with Crippen LogP contribution in [0.15, 0.2) is 39.6 Å². The topological polar surface area (TPSA) is 75.4 Å². The van der Waals surface area contributed by atoms with Crippen molar-refractivity contribution in [2.45, 2.75) is 13.0 Å². The highest BCUT2D eigenvalue weighted by Gasteiger charge is 2.18. The predicted molar refractivity (Wildman–Crippen MR) is 86.2 cm³/mol. The number of carbonyl (C=O) groups is 1. The van der Waals surface area contributed by atoms with Gasteiger partial charge in [-0.05, 0) is 41.4 Å². The van der Waals surface area contributed by atoms with E-state index in [1.165, 1.54) is 22.7 Å². The number of furan rings is 1. The second kappa shape index (κ2) is 6.43. The number of aliphatic hydroxyl groups is 1. The Morgan fingerprint density at radius 2 is 2.36 bits per heavy atom. The first-order valence-corrected chi connectivity index (χ1v) is 8.40. The molecule has 3 heterocycles. The average Bonchev–Trinajstić information content (AvgIpc) is 3.23. The molecule has 3 aromatic heterocycles. The second-order valence-corrected chi connectivity index (χ2v) is 6.67. The monoisotopic (exact) mass is 334 g/mol. The molecule has 0 aliphatic heterocycles. The van der Waals surface area contributed by atoms with Gasteiger partial charge in [-0.3, -0.25) is 4.79 Å². The summed E-state index contributed by atoms with van der Waals surface area (Å²) in [6, 6.07) is 5.42. The van der Waals surface area contributed by atoms with Gasteiger partial charge in [0.2, 0.25) is 0 Å². The molecule has 0 aromatic carbocycles. The summed E-state index contributed by atoms with van der Waals surface area (Å²) >= 11 is 2.91. The van der Waals surface area contributed by atoms with Crippen LogP contribution >= 0.6 is 22.7 Å². The lowest BCUT2D eigenvalue weighted by Gasteiger charge is -2.09. The van der Waals surface area contributed by atoms with E-state index in [0.717, 1.165) is 10.4 Å². The quantitative estimate of drug-likeness (QED) is 0.751. The molecule has 1 atom stereocenters. The van der Waals surface area contributed by atoms with Gasteiger partial charge in [0, 0.05) is 11.4 Å². The fourth-order valence-electron chi connectivity index (χ4n) is 1.97. The van der Waals surface area contributed by atoms with Crippen LogP contribution in [0.5, 0.6) is 0 Å². The molecule has 0 bridgehead atoms. The summed E-state index contributed by atoms with van der Waals surface area (Å²) in [5, 5.41) is 17.1. The molecule has 0 fully saturated rings. The van der Waals surface area contributed by atoms with E-state index in [1.807, 2.05) is 23.8 Å². The lowest BCUT2D eigenvalue weighted by molar-refractivity contribution is 0.0912. The maximum Gasteiger partial charge on any atom is 0.271 e. The maximum absolute atomic E-state index is 12.2. The first kappa shape index (κ1) is 15.0. The van der Waals surface area contributed by atoms with Crippen molar-refractivity contribution in [3.63, 3.8) is 0 Å². The van der Waals surface area contributed by atoms with Gasteiger partial charge < -0.3 is 14.8 Å². The summed E-state index contributed by atoms with van der Waals surface area (Å²) < 4.78 is 5.29. The molecule has 2 N–H and O–H groups in total. The van der Waals surface area contributed by atoms with Gasteiger partial charge in [0.15, 0.2) is 10.8 Å². The fourth-order valence-corrected chi connectivity index (χ4v) is 3.55. The summed E-state index contributed by atoms with van der Waals surface area (Å²) in [7, 11) is 0. The highest BCUT2D eigenvalue weighted by molar-refractivity contribution is 7.15. The standard InChI is InChI=1S/C15H14N2O3S2/c1-9-13(17-15(22-9)12-3-2-5-20-12)14(19)16-7-11(18)10-4-6-21-8-10/h2-6,8,11,18H,7H2,1H3,(H,16,19).